The van der Waals surface area contributed by atoms with Gasteiger partial charge in [-0.05, 0) is 13.0 Å². The quantitative estimate of drug-likeness (QED) is 0.419. The molecule has 5 nitrogen and oxygen atoms in total. The summed E-state index contributed by atoms with van der Waals surface area (Å²) in [5.74, 6) is -1.10. The molecule has 0 radical (unpaired) electrons. The van der Waals surface area contributed by atoms with E-state index >= 15 is 0 Å². The van der Waals surface area contributed by atoms with Crippen LogP contribution in [-0.4, -0.2) is 30.7 Å². The first-order chi connectivity index (χ1) is 5.35. The van der Waals surface area contributed by atoms with Gasteiger partial charge in [0.1, 0.15) is 0 Å². The molecule has 0 aliphatic heterocycles. The summed E-state index contributed by atoms with van der Waals surface area (Å²) in [4.78, 5) is 10.6. The number of rotatable bonds is 4. The number of hydrogen-bond donors (Lipinski definition) is 1. The molecule has 0 rings (SSSR count). The molecule has 0 heterocycles. The van der Waals surface area contributed by atoms with E-state index in [9.17, 15) is 17.8 Å². The molecule has 1 amide bonds. The number of hydrogen-bond acceptors (Lipinski definition) is 4. The van der Waals surface area contributed by atoms with Crippen molar-refractivity contribution < 1.29 is 40.1 Å². The van der Waals surface area contributed by atoms with Crippen molar-refractivity contribution in [3.63, 3.8) is 0 Å². The van der Waals surface area contributed by atoms with E-state index in [1.165, 1.54) is 6.92 Å². The molecule has 0 aliphatic carbocycles. The van der Waals surface area contributed by atoms with E-state index in [2.05, 4.69) is 11.9 Å². The molecule has 13 heavy (non-hydrogen) atoms. The third kappa shape index (κ3) is 9.78. The van der Waals surface area contributed by atoms with E-state index < -0.39 is 27.8 Å². The van der Waals surface area contributed by atoms with Crippen molar-refractivity contribution in [2.24, 2.45) is 0 Å². The molecule has 1 atom stereocenters. The molecule has 0 fully saturated rings. The van der Waals surface area contributed by atoms with E-state index in [1.54, 1.807) is 0 Å². The molecule has 0 bridgehead atoms. The predicted molar refractivity (Wildman–Crippen MR) is 42.4 cm³/mol. The summed E-state index contributed by atoms with van der Waals surface area (Å²) in [6, 6.07) is -0.682. The second-order valence-electron chi connectivity index (χ2n) is 2.34. The Hall–Kier alpha value is -0.140. The molecular weight excluding hydrogens is 290 g/mol. The van der Waals surface area contributed by atoms with Crippen LogP contribution in [0.5, 0.6) is 0 Å². The Morgan fingerprint density at radius 3 is 2.46 bits per heavy atom. The summed E-state index contributed by atoms with van der Waals surface area (Å²) in [6.07, 6.45) is 1.01. The average Bonchev–Trinajstić information content (AvgIpc) is 1.82. The first-order valence-corrected chi connectivity index (χ1v) is 4.79. The van der Waals surface area contributed by atoms with Gasteiger partial charge in [0.05, 0.1) is 15.9 Å². The van der Waals surface area contributed by atoms with Crippen LogP contribution in [0.1, 0.15) is 6.92 Å². The smallest absolute Gasteiger partial charge is 0.748 e. The molecule has 0 aromatic heterocycles. The van der Waals surface area contributed by atoms with Crippen LogP contribution in [0, 0.1) is 0 Å². The normalized spacial score (nSPS) is 12.5. The van der Waals surface area contributed by atoms with Crippen molar-refractivity contribution in [2.45, 2.75) is 13.0 Å². The summed E-state index contributed by atoms with van der Waals surface area (Å²) in [5, 5.41) is 2.25. The molecule has 0 aromatic rings. The summed E-state index contributed by atoms with van der Waals surface area (Å²) in [5.41, 5.74) is 0. The molecule has 0 aliphatic rings. The van der Waals surface area contributed by atoms with Gasteiger partial charge in [-0.25, -0.2) is 8.42 Å². The van der Waals surface area contributed by atoms with Gasteiger partial charge in [0.2, 0.25) is 5.91 Å². The van der Waals surface area contributed by atoms with Gasteiger partial charge in [-0.15, -0.1) is 0 Å². The zero-order valence-electron chi connectivity index (χ0n) is 6.91. The minimum atomic E-state index is -4.28. The van der Waals surface area contributed by atoms with Gasteiger partial charge in [-0.1, -0.05) is 6.58 Å². The van der Waals surface area contributed by atoms with Gasteiger partial charge in [-0.3, -0.25) is 4.79 Å². The van der Waals surface area contributed by atoms with Crippen molar-refractivity contribution in [1.29, 1.82) is 0 Å². The molecule has 80 valence electrons. The second-order valence-corrected chi connectivity index (χ2v) is 3.79. The van der Waals surface area contributed by atoms with Crippen molar-refractivity contribution in [2.75, 3.05) is 5.75 Å². The van der Waals surface area contributed by atoms with Gasteiger partial charge in [0.15, 0.2) is 0 Å². The fraction of sp³-hybridized carbons (Fsp3) is 0.500. The second kappa shape index (κ2) is 6.33. The van der Waals surface area contributed by atoms with E-state index in [0.29, 0.717) is 0 Å². The van der Waals surface area contributed by atoms with E-state index in [0.717, 1.165) is 6.08 Å². The number of carbonyl (C=O) groups is 1. The van der Waals surface area contributed by atoms with Crippen LogP contribution < -0.4 is 5.32 Å². The average molecular weight is 300 g/mol. The minimum Gasteiger partial charge on any atom is -0.748 e. The van der Waals surface area contributed by atoms with E-state index in [-0.39, 0.29) is 22.4 Å². The van der Waals surface area contributed by atoms with Gasteiger partial charge in [0, 0.05) is 6.04 Å². The Labute approximate surface area is 92.8 Å². The first-order valence-electron chi connectivity index (χ1n) is 3.21. The van der Waals surface area contributed by atoms with Crippen LogP contribution in [0.25, 0.3) is 0 Å². The Morgan fingerprint density at radius 1 is 1.69 bits per heavy atom. The summed E-state index contributed by atoms with van der Waals surface area (Å²) < 4.78 is 30.5. The predicted octanol–water partition coefficient (Wildman–Crippen LogP) is -0.780. The molecule has 0 spiro atoms. The van der Waals surface area contributed by atoms with Crippen LogP contribution in [0.15, 0.2) is 12.7 Å². The Bertz CT molecular complexity index is 274. The van der Waals surface area contributed by atoms with Crippen molar-refractivity contribution in [3.8, 4) is 0 Å². The Kier molecular flexibility index (Phi) is 7.47. The molecular formula is C6H10AgNO4S. The molecule has 0 saturated heterocycles. The van der Waals surface area contributed by atoms with Crippen LogP contribution in [-0.2, 0) is 37.3 Å². The van der Waals surface area contributed by atoms with Gasteiger partial charge < -0.3 is 9.87 Å². The number of amides is 1. The fourth-order valence-electron chi connectivity index (χ4n) is 0.650. The monoisotopic (exact) mass is 299 g/mol. The van der Waals surface area contributed by atoms with Crippen LogP contribution in [0.2, 0.25) is 0 Å². The van der Waals surface area contributed by atoms with Crippen LogP contribution in [0.3, 0.4) is 0 Å². The molecule has 1 unspecified atom stereocenters. The maximum Gasteiger partial charge on any atom is 1.00 e. The minimum absolute atomic E-state index is 0. The zero-order valence-corrected chi connectivity index (χ0v) is 9.21. The topological polar surface area (TPSA) is 86.3 Å². The van der Waals surface area contributed by atoms with E-state index in [4.69, 9.17) is 0 Å². The Balaban J connectivity index is 0. The van der Waals surface area contributed by atoms with Crippen LogP contribution in [0.4, 0.5) is 0 Å². The Morgan fingerprint density at radius 2 is 2.15 bits per heavy atom. The number of nitrogens with one attached hydrogen (secondary N) is 1. The van der Waals surface area contributed by atoms with E-state index in [1.807, 2.05) is 0 Å². The van der Waals surface area contributed by atoms with Crippen molar-refractivity contribution in [1.82, 2.24) is 5.32 Å². The van der Waals surface area contributed by atoms with Crippen molar-refractivity contribution in [3.05, 3.63) is 12.7 Å². The third-order valence-electron chi connectivity index (χ3n) is 1.03. The summed E-state index contributed by atoms with van der Waals surface area (Å²) in [6.45, 7) is 4.60. The zero-order chi connectivity index (χ0) is 9.78. The SMILES string of the molecule is C=CC(=O)NC(C)CS(=O)(=O)[O-].[Ag+]. The third-order valence-corrected chi connectivity index (χ3v) is 1.94. The number of carbonyl (C=O) groups excluding carboxylic acids is 1. The van der Waals surface area contributed by atoms with Crippen molar-refractivity contribution >= 4 is 16.0 Å². The van der Waals surface area contributed by atoms with Gasteiger partial charge >= 0.3 is 22.4 Å². The standard InChI is InChI=1S/C6H11NO4S.Ag/c1-3-6(8)7-5(2)4-12(9,10)11;/h3,5H,1,4H2,2H3,(H,7,8)(H,9,10,11);/q;+1/p-1. The largest absolute Gasteiger partial charge is 1.00 e. The maximum absolute atomic E-state index is 10.6. The summed E-state index contributed by atoms with van der Waals surface area (Å²) >= 11 is 0. The van der Waals surface area contributed by atoms with Crippen LogP contribution >= 0.6 is 0 Å². The fourth-order valence-corrected chi connectivity index (χ4v) is 1.35. The molecule has 0 aromatic carbocycles. The molecule has 1 N–H and O–H groups in total. The first kappa shape index (κ1) is 15.3. The van der Waals surface area contributed by atoms with Gasteiger partial charge in [0.25, 0.3) is 0 Å². The van der Waals surface area contributed by atoms with Gasteiger partial charge in [-0.2, -0.15) is 0 Å². The molecule has 0 saturated carbocycles. The maximum atomic E-state index is 10.6. The summed E-state index contributed by atoms with van der Waals surface area (Å²) in [7, 11) is -4.28. The molecule has 7 heteroatoms.